The molecule has 0 saturated heterocycles. The first-order chi connectivity index (χ1) is 47.7. The number of aromatic nitrogens is 2. The van der Waals surface area contributed by atoms with Crippen molar-refractivity contribution in [2.24, 2.45) is 0 Å². The lowest BCUT2D eigenvalue weighted by Crippen LogP contribution is -2.09. The Morgan fingerprint density at radius 2 is 0.552 bits per heavy atom. The van der Waals surface area contributed by atoms with E-state index < -0.39 is 0 Å². The minimum atomic E-state index is 1.12. The number of fused-ring (bicyclic) bond motifs is 18. The van der Waals surface area contributed by atoms with Crippen molar-refractivity contribution in [1.29, 1.82) is 0 Å². The third-order valence-electron chi connectivity index (χ3n) is 20.3. The molecule has 21 rings (SSSR count). The monoisotopic (exact) mass is 1250 g/mol. The van der Waals surface area contributed by atoms with Crippen LogP contribution in [-0.4, -0.2) is 8.80 Å². The maximum Gasteiger partial charge on any atom is 0.0640 e. The van der Waals surface area contributed by atoms with Crippen molar-refractivity contribution >= 4 is 173 Å². The molecule has 0 radical (unpaired) electrons. The molecule has 15 aromatic carbocycles. The van der Waals surface area contributed by atoms with Gasteiger partial charge in [-0.1, -0.05) is 231 Å². The number of para-hydroxylation sites is 4. The molecule has 0 spiro atoms. The van der Waals surface area contributed by atoms with Gasteiger partial charge in [0.15, 0.2) is 0 Å². The zero-order chi connectivity index (χ0) is 62.7. The minimum absolute atomic E-state index is 1.12. The van der Waals surface area contributed by atoms with Gasteiger partial charge < -0.3 is 18.6 Å². The third kappa shape index (κ3) is 7.71. The van der Waals surface area contributed by atoms with Crippen molar-refractivity contribution in [1.82, 2.24) is 8.80 Å². The summed E-state index contributed by atoms with van der Waals surface area (Å²) in [6.07, 6.45) is 0. The Labute approximate surface area is 560 Å². The van der Waals surface area contributed by atoms with Crippen molar-refractivity contribution < 1.29 is 0 Å². The fourth-order valence-corrected chi connectivity index (χ4v) is 18.7. The molecule has 0 aliphatic carbocycles. The zero-order valence-corrected chi connectivity index (χ0v) is 53.4. The maximum absolute atomic E-state index is 2.62. The Hall–Kier alpha value is -12.1. The van der Waals surface area contributed by atoms with Gasteiger partial charge in [-0.25, -0.2) is 0 Å². The molecule has 0 N–H and O–H groups in total. The summed E-state index contributed by atoms with van der Waals surface area (Å²) >= 11 is 3.73. The van der Waals surface area contributed by atoms with Crippen LogP contribution in [0.4, 0.5) is 34.1 Å². The van der Waals surface area contributed by atoms with E-state index in [1.807, 2.05) is 22.7 Å². The number of nitrogens with zero attached hydrogens (tertiary/aromatic N) is 4. The molecule has 6 aromatic heterocycles. The molecule has 6 heterocycles. The summed E-state index contributed by atoms with van der Waals surface area (Å²) in [5, 5.41) is 15.2. The quantitative estimate of drug-likeness (QED) is 0.136. The molecule has 0 aliphatic rings. The van der Waals surface area contributed by atoms with Gasteiger partial charge in [0.2, 0.25) is 0 Å². The highest BCUT2D eigenvalue weighted by Gasteiger charge is 2.31. The van der Waals surface area contributed by atoms with Gasteiger partial charge in [0, 0.05) is 108 Å². The van der Waals surface area contributed by atoms with E-state index in [1.54, 1.807) is 0 Å². The Kier molecular flexibility index (Phi) is 11.5. The molecule has 0 saturated carbocycles. The van der Waals surface area contributed by atoms with Crippen LogP contribution in [0.15, 0.2) is 328 Å². The Bertz CT molecular complexity index is 6260. The number of hydrogen-bond donors (Lipinski definition) is 0. The van der Waals surface area contributed by atoms with Gasteiger partial charge in [-0.2, -0.15) is 0 Å². The molecule has 96 heavy (non-hydrogen) atoms. The lowest BCUT2D eigenvalue weighted by atomic mass is 9.89. The average Bonchev–Trinajstić information content (AvgIpc) is 1.50. The summed E-state index contributed by atoms with van der Waals surface area (Å²) in [6.45, 7) is 0. The largest absolute Gasteiger partial charge is 0.309 e. The van der Waals surface area contributed by atoms with Crippen LogP contribution in [0.5, 0.6) is 0 Å². The van der Waals surface area contributed by atoms with Crippen LogP contribution in [0.2, 0.25) is 0 Å². The van der Waals surface area contributed by atoms with E-state index in [-0.39, 0.29) is 0 Å². The van der Waals surface area contributed by atoms with Crippen LogP contribution >= 0.6 is 22.7 Å². The first-order valence-corrected chi connectivity index (χ1v) is 34.5. The molecule has 446 valence electrons. The van der Waals surface area contributed by atoms with Gasteiger partial charge in [-0.3, -0.25) is 0 Å². The van der Waals surface area contributed by atoms with Crippen molar-refractivity contribution in [2.75, 3.05) is 9.80 Å². The Balaban J connectivity index is 0.737. The second-order valence-electron chi connectivity index (χ2n) is 25.4. The van der Waals surface area contributed by atoms with E-state index in [9.17, 15) is 0 Å². The number of thiophene rings is 2. The van der Waals surface area contributed by atoms with E-state index in [0.717, 1.165) is 22.7 Å². The van der Waals surface area contributed by atoms with Crippen LogP contribution < -0.4 is 9.80 Å². The predicted octanol–water partition coefficient (Wildman–Crippen LogP) is 26.3. The minimum Gasteiger partial charge on any atom is -0.309 e. The topological polar surface area (TPSA) is 15.3 Å². The summed E-state index contributed by atoms with van der Waals surface area (Å²) in [7, 11) is 0. The standard InChI is InChI=1S/C90H54N4S2/c1-5-21-57(22-6-1)81-83-71-35-17-31-67-74-54-60(56-43-49-64(50-44-56)92(62-27-11-4-12-28-62)78-38-20-34-70-66-30-14-16-40-80(66)96-90(70)78)46-52-76(74)94(85(67)71)88(83)82(58-23-7-2-8-24-58)84-72-36-18-32-68-73-53-59(45-51-75(73)93(86(68)72)87(81)84)55-41-47-63(48-42-55)91(61-25-9-3-10-26-61)77-37-19-33-69-65-29-13-15-39-79(65)95-89(69)77/h1-54H. The van der Waals surface area contributed by atoms with Gasteiger partial charge in [0.1, 0.15) is 0 Å². The summed E-state index contributed by atoms with van der Waals surface area (Å²) in [6, 6.07) is 122. The molecule has 0 atom stereocenters. The SMILES string of the molecule is c1ccc(-c2c3c4cccc5c6cc(-c7ccc(N(c8ccccc8)c8cccc9c8sc8ccccc89)cc7)ccc6n(c3c(-c3ccccc3)c3c6cccc7c8cc(-c9ccc(N(c%10ccccc%10)c%10cccc%11c%10sc%10ccccc%10%11)cc9)ccc8n(c23)c76)c54)cc1. The van der Waals surface area contributed by atoms with Gasteiger partial charge in [0.05, 0.1) is 53.9 Å². The van der Waals surface area contributed by atoms with E-state index in [0.29, 0.717) is 0 Å². The first-order valence-electron chi connectivity index (χ1n) is 32.9. The lowest BCUT2D eigenvalue weighted by molar-refractivity contribution is 1.30. The number of benzene rings is 15. The highest BCUT2D eigenvalue weighted by atomic mass is 32.1. The second kappa shape index (κ2) is 20.7. The smallest absolute Gasteiger partial charge is 0.0640 e. The predicted molar refractivity (Wildman–Crippen MR) is 413 cm³/mol. The van der Waals surface area contributed by atoms with E-state index >= 15 is 0 Å². The number of anilines is 6. The van der Waals surface area contributed by atoms with Crippen LogP contribution in [0.1, 0.15) is 0 Å². The third-order valence-corrected chi connectivity index (χ3v) is 22.7. The van der Waals surface area contributed by atoms with Gasteiger partial charge in [-0.05, 0) is 130 Å². The molecule has 0 amide bonds. The molecular weight excluding hydrogens is 1200 g/mol. The molecule has 21 aromatic rings. The van der Waals surface area contributed by atoms with Gasteiger partial charge in [-0.15, -0.1) is 22.7 Å². The maximum atomic E-state index is 2.62. The van der Waals surface area contributed by atoms with Crippen molar-refractivity contribution in [3.05, 3.63) is 328 Å². The summed E-state index contributed by atoms with van der Waals surface area (Å²) in [4.78, 5) is 4.83. The normalized spacial score (nSPS) is 12.2. The highest BCUT2D eigenvalue weighted by Crippen LogP contribution is 2.55. The van der Waals surface area contributed by atoms with Crippen LogP contribution in [0.25, 0.3) is 161 Å². The Morgan fingerprint density at radius 3 is 0.979 bits per heavy atom. The number of hydrogen-bond acceptors (Lipinski definition) is 4. The summed E-state index contributed by atoms with van der Waals surface area (Å²) in [5.41, 5.74) is 23.8. The zero-order valence-electron chi connectivity index (χ0n) is 51.8. The fraction of sp³-hybridized carbons (Fsp3) is 0. The Morgan fingerprint density at radius 1 is 0.219 bits per heavy atom. The van der Waals surface area contributed by atoms with E-state index in [1.165, 1.54) is 172 Å². The van der Waals surface area contributed by atoms with Crippen LogP contribution in [0.3, 0.4) is 0 Å². The average molecular weight is 1260 g/mol. The molecule has 0 aliphatic heterocycles. The van der Waals surface area contributed by atoms with Crippen molar-refractivity contribution in [3.8, 4) is 44.5 Å². The summed E-state index contributed by atoms with van der Waals surface area (Å²) in [5.74, 6) is 0. The van der Waals surface area contributed by atoms with Gasteiger partial charge in [0.25, 0.3) is 0 Å². The highest BCUT2D eigenvalue weighted by molar-refractivity contribution is 7.26. The molecule has 6 heteroatoms. The van der Waals surface area contributed by atoms with Crippen molar-refractivity contribution in [2.45, 2.75) is 0 Å². The lowest BCUT2D eigenvalue weighted by Gasteiger charge is -2.26. The van der Waals surface area contributed by atoms with E-state index in [4.69, 9.17) is 0 Å². The van der Waals surface area contributed by atoms with Crippen LogP contribution in [0, 0.1) is 0 Å². The molecular formula is C90H54N4S2. The van der Waals surface area contributed by atoms with Crippen molar-refractivity contribution in [3.63, 3.8) is 0 Å². The second-order valence-corrected chi connectivity index (χ2v) is 27.5. The van der Waals surface area contributed by atoms with Gasteiger partial charge >= 0.3 is 0 Å². The first kappa shape index (κ1) is 53.4. The molecule has 0 bridgehead atoms. The van der Waals surface area contributed by atoms with E-state index in [2.05, 4.69) is 346 Å². The fourth-order valence-electron chi connectivity index (χ4n) is 16.3. The molecule has 4 nitrogen and oxygen atoms in total. The number of rotatable bonds is 10. The summed E-state index contributed by atoms with van der Waals surface area (Å²) < 4.78 is 10.4. The van der Waals surface area contributed by atoms with Crippen LogP contribution in [-0.2, 0) is 0 Å². The molecule has 0 fully saturated rings. The molecule has 0 unspecified atom stereocenters.